The molecule has 1 rings (SSSR count). The smallest absolute Gasteiger partial charge is 0.130 e. The van der Waals surface area contributed by atoms with Crippen LogP contribution in [0.4, 0.5) is 4.39 Å². The minimum atomic E-state index is -0.0398. The van der Waals surface area contributed by atoms with Crippen LogP contribution in [0.15, 0.2) is 18.2 Å². The van der Waals surface area contributed by atoms with Crippen LogP contribution in [0.25, 0.3) is 0 Å². The second kappa shape index (κ2) is 8.31. The number of halogens is 1. The van der Waals surface area contributed by atoms with Gasteiger partial charge in [-0.3, -0.25) is 0 Å². The van der Waals surface area contributed by atoms with Crippen molar-refractivity contribution in [2.45, 2.75) is 59.4 Å². The van der Waals surface area contributed by atoms with E-state index in [1.165, 1.54) is 0 Å². The van der Waals surface area contributed by atoms with Crippen LogP contribution in [0, 0.1) is 18.7 Å². The highest BCUT2D eigenvalue weighted by molar-refractivity contribution is 5.27. The van der Waals surface area contributed by atoms with E-state index in [1.54, 1.807) is 0 Å². The second-order valence-electron chi connectivity index (χ2n) is 5.40. The Bertz CT molecular complexity index is 372. The SMILES string of the molecule is CCCNC(CC(CC)CC)c1cccc(C)c1F. The van der Waals surface area contributed by atoms with Crippen LogP contribution in [0.2, 0.25) is 0 Å². The Morgan fingerprint density at radius 3 is 2.42 bits per heavy atom. The van der Waals surface area contributed by atoms with Gasteiger partial charge in [-0.2, -0.15) is 0 Å². The predicted molar refractivity (Wildman–Crippen MR) is 80.9 cm³/mol. The summed E-state index contributed by atoms with van der Waals surface area (Å²) in [6, 6.07) is 5.87. The van der Waals surface area contributed by atoms with Gasteiger partial charge in [0.15, 0.2) is 0 Å². The van der Waals surface area contributed by atoms with E-state index < -0.39 is 0 Å². The lowest BCUT2D eigenvalue weighted by molar-refractivity contribution is 0.363. The maximum atomic E-state index is 14.3. The average molecular weight is 265 g/mol. The van der Waals surface area contributed by atoms with Gasteiger partial charge in [0, 0.05) is 11.6 Å². The van der Waals surface area contributed by atoms with Crippen molar-refractivity contribution in [1.82, 2.24) is 5.32 Å². The first-order valence-electron chi connectivity index (χ1n) is 7.62. The number of benzene rings is 1. The van der Waals surface area contributed by atoms with Gasteiger partial charge in [0.1, 0.15) is 5.82 Å². The first-order chi connectivity index (χ1) is 9.13. The Labute approximate surface area is 117 Å². The Morgan fingerprint density at radius 2 is 1.84 bits per heavy atom. The third-order valence-electron chi connectivity index (χ3n) is 3.96. The molecular formula is C17H28FN. The summed E-state index contributed by atoms with van der Waals surface area (Å²) in [5.74, 6) is 0.622. The molecular weight excluding hydrogens is 237 g/mol. The lowest BCUT2D eigenvalue weighted by atomic mass is 9.90. The molecule has 0 bridgehead atoms. The molecule has 0 spiro atoms. The van der Waals surface area contributed by atoms with Gasteiger partial charge in [-0.15, -0.1) is 0 Å². The molecule has 0 amide bonds. The fourth-order valence-corrected chi connectivity index (χ4v) is 2.53. The molecule has 0 aliphatic carbocycles. The first-order valence-corrected chi connectivity index (χ1v) is 7.62. The van der Waals surface area contributed by atoms with Crippen LogP contribution in [0.3, 0.4) is 0 Å². The van der Waals surface area contributed by atoms with Crippen LogP contribution >= 0.6 is 0 Å². The summed E-state index contributed by atoms with van der Waals surface area (Å²) in [5.41, 5.74) is 1.57. The maximum absolute atomic E-state index is 14.3. The van der Waals surface area contributed by atoms with Crippen LogP contribution in [0.1, 0.15) is 63.6 Å². The van der Waals surface area contributed by atoms with Gasteiger partial charge in [-0.05, 0) is 37.8 Å². The minimum Gasteiger partial charge on any atom is -0.310 e. The molecule has 0 saturated heterocycles. The molecule has 0 fully saturated rings. The quantitative estimate of drug-likeness (QED) is 0.697. The Hall–Kier alpha value is -0.890. The highest BCUT2D eigenvalue weighted by Gasteiger charge is 2.19. The van der Waals surface area contributed by atoms with Crippen molar-refractivity contribution in [3.05, 3.63) is 35.1 Å². The van der Waals surface area contributed by atoms with Crippen LogP contribution < -0.4 is 5.32 Å². The fraction of sp³-hybridized carbons (Fsp3) is 0.647. The Morgan fingerprint density at radius 1 is 1.16 bits per heavy atom. The van der Waals surface area contributed by atoms with Crippen molar-refractivity contribution >= 4 is 0 Å². The number of nitrogens with one attached hydrogen (secondary N) is 1. The third kappa shape index (κ3) is 4.61. The summed E-state index contributed by atoms with van der Waals surface area (Å²) >= 11 is 0. The van der Waals surface area contributed by atoms with E-state index in [2.05, 4.69) is 26.1 Å². The molecule has 0 radical (unpaired) electrons. The molecule has 1 aromatic carbocycles. The summed E-state index contributed by atoms with van der Waals surface area (Å²) in [6.07, 6.45) is 4.42. The fourth-order valence-electron chi connectivity index (χ4n) is 2.53. The van der Waals surface area contributed by atoms with E-state index in [4.69, 9.17) is 0 Å². The van der Waals surface area contributed by atoms with Gasteiger partial charge in [0.2, 0.25) is 0 Å². The summed E-state index contributed by atoms with van der Waals surface area (Å²) in [5, 5.41) is 3.51. The zero-order valence-corrected chi connectivity index (χ0v) is 12.8. The molecule has 2 heteroatoms. The molecule has 1 unspecified atom stereocenters. The van der Waals surface area contributed by atoms with Gasteiger partial charge in [0.25, 0.3) is 0 Å². The van der Waals surface area contributed by atoms with E-state index in [-0.39, 0.29) is 11.9 Å². The van der Waals surface area contributed by atoms with Crippen molar-refractivity contribution in [2.24, 2.45) is 5.92 Å². The van der Waals surface area contributed by atoms with Gasteiger partial charge < -0.3 is 5.32 Å². The van der Waals surface area contributed by atoms with E-state index in [0.717, 1.165) is 43.4 Å². The van der Waals surface area contributed by atoms with E-state index in [9.17, 15) is 4.39 Å². The van der Waals surface area contributed by atoms with Crippen LogP contribution in [-0.2, 0) is 0 Å². The van der Waals surface area contributed by atoms with Crippen LogP contribution in [-0.4, -0.2) is 6.54 Å². The number of hydrogen-bond acceptors (Lipinski definition) is 1. The molecule has 0 heterocycles. The summed E-state index contributed by atoms with van der Waals surface area (Å²) in [7, 11) is 0. The lowest BCUT2D eigenvalue weighted by Crippen LogP contribution is -2.25. The van der Waals surface area contributed by atoms with Crippen molar-refractivity contribution in [1.29, 1.82) is 0 Å². The molecule has 0 aliphatic heterocycles. The van der Waals surface area contributed by atoms with E-state index in [0.29, 0.717) is 5.92 Å². The van der Waals surface area contributed by atoms with Crippen molar-refractivity contribution in [3.63, 3.8) is 0 Å². The van der Waals surface area contributed by atoms with Gasteiger partial charge >= 0.3 is 0 Å². The molecule has 1 aromatic rings. The number of aryl methyl sites for hydroxylation is 1. The molecule has 1 nitrogen and oxygen atoms in total. The zero-order chi connectivity index (χ0) is 14.3. The van der Waals surface area contributed by atoms with Crippen molar-refractivity contribution in [3.8, 4) is 0 Å². The average Bonchev–Trinajstić information content (AvgIpc) is 2.43. The maximum Gasteiger partial charge on any atom is 0.130 e. The largest absolute Gasteiger partial charge is 0.310 e. The number of hydrogen-bond donors (Lipinski definition) is 1. The van der Waals surface area contributed by atoms with Crippen molar-refractivity contribution in [2.75, 3.05) is 6.54 Å². The van der Waals surface area contributed by atoms with Gasteiger partial charge in [0.05, 0.1) is 0 Å². The molecule has 0 aromatic heterocycles. The van der Waals surface area contributed by atoms with E-state index in [1.807, 2.05) is 25.1 Å². The van der Waals surface area contributed by atoms with Crippen LogP contribution in [0.5, 0.6) is 0 Å². The molecule has 0 aliphatic rings. The predicted octanol–water partition coefficient (Wildman–Crippen LogP) is 5.00. The number of rotatable bonds is 8. The monoisotopic (exact) mass is 265 g/mol. The normalized spacial score (nSPS) is 12.9. The van der Waals surface area contributed by atoms with Crippen molar-refractivity contribution < 1.29 is 4.39 Å². The molecule has 1 N–H and O–H groups in total. The molecule has 1 atom stereocenters. The van der Waals surface area contributed by atoms with Gasteiger partial charge in [-0.25, -0.2) is 4.39 Å². The molecule has 0 saturated carbocycles. The molecule has 19 heavy (non-hydrogen) atoms. The second-order valence-corrected chi connectivity index (χ2v) is 5.40. The lowest BCUT2D eigenvalue weighted by Gasteiger charge is -2.24. The molecule has 108 valence electrons. The third-order valence-corrected chi connectivity index (χ3v) is 3.96. The highest BCUT2D eigenvalue weighted by atomic mass is 19.1. The summed E-state index contributed by atoms with van der Waals surface area (Å²) < 4.78 is 14.3. The van der Waals surface area contributed by atoms with Gasteiger partial charge in [-0.1, -0.05) is 51.8 Å². The standard InChI is InChI=1S/C17H28FN/c1-5-11-19-16(12-14(6-2)7-3)15-10-8-9-13(4)17(15)18/h8-10,14,16,19H,5-7,11-12H2,1-4H3. The topological polar surface area (TPSA) is 12.0 Å². The zero-order valence-electron chi connectivity index (χ0n) is 12.8. The highest BCUT2D eigenvalue weighted by Crippen LogP contribution is 2.28. The minimum absolute atomic E-state index is 0.0398. The first kappa shape index (κ1) is 16.2. The summed E-state index contributed by atoms with van der Waals surface area (Å²) in [6.45, 7) is 9.37. The Balaban J connectivity index is 2.91. The Kier molecular flexibility index (Phi) is 7.07. The summed E-state index contributed by atoms with van der Waals surface area (Å²) in [4.78, 5) is 0. The van der Waals surface area contributed by atoms with E-state index >= 15 is 0 Å².